The summed E-state index contributed by atoms with van der Waals surface area (Å²) in [7, 11) is -3.96. The van der Waals surface area contributed by atoms with Crippen LogP contribution in [0.2, 0.25) is 5.02 Å². The van der Waals surface area contributed by atoms with Crippen LogP contribution in [-0.4, -0.2) is 25.1 Å². The first-order valence-corrected chi connectivity index (χ1v) is 9.02. The third kappa shape index (κ3) is 4.93. The fourth-order valence-electron chi connectivity index (χ4n) is 1.91. The summed E-state index contributed by atoms with van der Waals surface area (Å²) in [5, 5.41) is 9.25. The van der Waals surface area contributed by atoms with E-state index in [4.69, 9.17) is 21.5 Å². The van der Waals surface area contributed by atoms with Crippen molar-refractivity contribution in [2.45, 2.75) is 24.3 Å². The smallest absolute Gasteiger partial charge is 0.264 e. The van der Waals surface area contributed by atoms with Gasteiger partial charge in [0.05, 0.1) is 4.90 Å². The van der Waals surface area contributed by atoms with Crippen LogP contribution in [-0.2, 0) is 14.8 Å². The van der Waals surface area contributed by atoms with E-state index in [0.29, 0.717) is 16.5 Å². The molecule has 9 heteroatoms. The predicted molar refractivity (Wildman–Crippen MR) is 92.3 cm³/mol. The van der Waals surface area contributed by atoms with Crippen molar-refractivity contribution in [3.63, 3.8) is 0 Å². The molecule has 0 unspecified atom stereocenters. The summed E-state index contributed by atoms with van der Waals surface area (Å²) in [6, 6.07) is 12.4. The Morgan fingerprint density at radius 3 is 2.00 bits per heavy atom. The number of nitrogens with one attached hydrogen (secondary N) is 2. The van der Waals surface area contributed by atoms with E-state index in [9.17, 15) is 13.2 Å². The highest BCUT2D eigenvalue weighted by atomic mass is 35.5. The van der Waals surface area contributed by atoms with Gasteiger partial charge in [-0.1, -0.05) is 11.6 Å². The van der Waals surface area contributed by atoms with Crippen molar-refractivity contribution in [2.75, 3.05) is 0 Å². The maximum absolute atomic E-state index is 12.3. The van der Waals surface area contributed by atoms with E-state index in [1.165, 1.54) is 43.6 Å². The highest BCUT2D eigenvalue weighted by Gasteiger charge is 2.33. The van der Waals surface area contributed by atoms with Gasteiger partial charge in [-0.05, 0) is 62.4 Å². The number of carbonyl (C=O) groups excluding carboxylic acids is 1. The molecule has 25 heavy (non-hydrogen) atoms. The lowest BCUT2D eigenvalue weighted by molar-refractivity contribution is -0.134. The van der Waals surface area contributed by atoms with Crippen molar-refractivity contribution >= 4 is 27.5 Å². The van der Waals surface area contributed by atoms with Gasteiger partial charge in [0.15, 0.2) is 0 Å². The molecular formula is C16H17ClN2O5S. The number of carbonyl (C=O) groups is 1. The first kappa shape index (κ1) is 19.2. The molecule has 0 saturated heterocycles. The number of benzene rings is 2. The van der Waals surface area contributed by atoms with Crippen molar-refractivity contribution in [3.8, 4) is 11.5 Å². The predicted octanol–water partition coefficient (Wildman–Crippen LogP) is 2.69. The van der Waals surface area contributed by atoms with E-state index < -0.39 is 21.5 Å². The van der Waals surface area contributed by atoms with Crippen molar-refractivity contribution < 1.29 is 23.2 Å². The van der Waals surface area contributed by atoms with Gasteiger partial charge in [-0.15, -0.1) is 0 Å². The van der Waals surface area contributed by atoms with Crippen LogP contribution >= 0.6 is 11.6 Å². The number of amides is 1. The standard InChI is InChI=1S/C16H17ClN2O5S/c1-16(2,15(20)18-21)19-25(22,23)14-9-7-13(8-10-14)24-12-5-3-11(17)4-6-12/h3-10,19,21H,1-2H3,(H,18,20). The Labute approximate surface area is 150 Å². The molecule has 2 rings (SSSR count). The molecule has 0 atom stereocenters. The van der Waals surface area contributed by atoms with Crippen molar-refractivity contribution in [2.24, 2.45) is 0 Å². The molecule has 0 aliphatic rings. The average molecular weight is 385 g/mol. The Kier molecular flexibility index (Phi) is 5.69. The highest BCUT2D eigenvalue weighted by molar-refractivity contribution is 7.89. The molecule has 0 fully saturated rings. The summed E-state index contributed by atoms with van der Waals surface area (Å²) in [6.45, 7) is 2.65. The molecule has 1 amide bonds. The molecule has 0 aliphatic heterocycles. The first-order valence-electron chi connectivity index (χ1n) is 7.16. The number of rotatable bonds is 6. The third-order valence-corrected chi connectivity index (χ3v) is 5.17. The van der Waals surface area contributed by atoms with Crippen molar-refractivity contribution in [1.82, 2.24) is 10.2 Å². The summed E-state index contributed by atoms with van der Waals surface area (Å²) in [6.07, 6.45) is 0. The van der Waals surface area contributed by atoms with Crippen LogP contribution < -0.4 is 14.9 Å². The molecule has 2 aromatic rings. The van der Waals surface area contributed by atoms with Gasteiger partial charge in [0.2, 0.25) is 10.0 Å². The second-order valence-corrected chi connectivity index (χ2v) is 7.82. The number of hydrogen-bond acceptors (Lipinski definition) is 5. The summed E-state index contributed by atoms with van der Waals surface area (Å²) in [4.78, 5) is 11.5. The summed E-state index contributed by atoms with van der Waals surface area (Å²) in [5.41, 5.74) is -0.0974. The molecule has 3 N–H and O–H groups in total. The molecule has 0 saturated carbocycles. The van der Waals surface area contributed by atoms with Crippen LogP contribution in [0.1, 0.15) is 13.8 Å². The highest BCUT2D eigenvalue weighted by Crippen LogP contribution is 2.24. The van der Waals surface area contributed by atoms with Crippen molar-refractivity contribution in [3.05, 3.63) is 53.6 Å². The average Bonchev–Trinajstić information content (AvgIpc) is 2.55. The molecule has 7 nitrogen and oxygen atoms in total. The van der Waals surface area contributed by atoms with Gasteiger partial charge in [-0.3, -0.25) is 10.0 Å². The normalized spacial score (nSPS) is 11.8. The zero-order valence-electron chi connectivity index (χ0n) is 13.5. The van der Waals surface area contributed by atoms with Crippen molar-refractivity contribution in [1.29, 1.82) is 0 Å². The number of sulfonamides is 1. The lowest BCUT2D eigenvalue weighted by Crippen LogP contribution is -2.53. The Balaban J connectivity index is 2.15. The van der Waals surface area contributed by atoms with Gasteiger partial charge in [-0.2, -0.15) is 4.72 Å². The Bertz CT molecular complexity index is 849. The van der Waals surface area contributed by atoms with Crippen LogP contribution in [0, 0.1) is 0 Å². The summed E-state index contributed by atoms with van der Waals surface area (Å²) >= 11 is 5.80. The van der Waals surface area contributed by atoms with E-state index in [-0.39, 0.29) is 4.90 Å². The number of hydroxylamine groups is 1. The molecule has 134 valence electrons. The van der Waals surface area contributed by atoms with Gasteiger partial charge in [-0.25, -0.2) is 13.9 Å². The zero-order chi connectivity index (χ0) is 18.7. The molecule has 0 aromatic heterocycles. The lowest BCUT2D eigenvalue weighted by Gasteiger charge is -2.23. The van der Waals surface area contributed by atoms with E-state index in [0.717, 1.165) is 0 Å². The van der Waals surface area contributed by atoms with Crippen LogP contribution in [0.5, 0.6) is 11.5 Å². The minimum Gasteiger partial charge on any atom is -0.457 e. The second kappa shape index (κ2) is 7.40. The molecule has 2 aromatic carbocycles. The van der Waals surface area contributed by atoms with Gasteiger partial charge in [0.1, 0.15) is 17.0 Å². The van der Waals surface area contributed by atoms with E-state index in [2.05, 4.69) is 4.72 Å². The minimum absolute atomic E-state index is 0.0465. The maximum Gasteiger partial charge on any atom is 0.264 e. The van der Waals surface area contributed by atoms with Crippen LogP contribution in [0.3, 0.4) is 0 Å². The number of hydrogen-bond donors (Lipinski definition) is 3. The van der Waals surface area contributed by atoms with Crippen LogP contribution in [0.15, 0.2) is 53.4 Å². The SMILES string of the molecule is CC(C)(NS(=O)(=O)c1ccc(Oc2ccc(Cl)cc2)cc1)C(=O)NO. The Hall–Kier alpha value is -2.13. The number of ether oxygens (including phenoxy) is 1. The van der Waals surface area contributed by atoms with E-state index >= 15 is 0 Å². The van der Waals surface area contributed by atoms with Gasteiger partial charge >= 0.3 is 0 Å². The summed E-state index contributed by atoms with van der Waals surface area (Å²) < 4.78 is 32.5. The van der Waals surface area contributed by atoms with Crippen LogP contribution in [0.25, 0.3) is 0 Å². The van der Waals surface area contributed by atoms with Gasteiger partial charge in [0.25, 0.3) is 5.91 Å². The fraction of sp³-hybridized carbons (Fsp3) is 0.188. The molecule has 0 aliphatic carbocycles. The van der Waals surface area contributed by atoms with Crippen LogP contribution in [0.4, 0.5) is 0 Å². The van der Waals surface area contributed by atoms with Gasteiger partial charge < -0.3 is 4.74 Å². The molecule has 0 bridgehead atoms. The Morgan fingerprint density at radius 1 is 1.04 bits per heavy atom. The monoisotopic (exact) mass is 384 g/mol. The fourth-order valence-corrected chi connectivity index (χ4v) is 3.41. The molecule has 0 heterocycles. The number of halogens is 1. The maximum atomic E-state index is 12.3. The van der Waals surface area contributed by atoms with E-state index in [1.54, 1.807) is 24.3 Å². The molecule has 0 spiro atoms. The minimum atomic E-state index is -3.96. The quantitative estimate of drug-likeness (QED) is 0.524. The molecule has 0 radical (unpaired) electrons. The first-order chi connectivity index (χ1) is 11.6. The van der Waals surface area contributed by atoms with E-state index in [1.807, 2.05) is 0 Å². The Morgan fingerprint density at radius 2 is 1.52 bits per heavy atom. The molecular weight excluding hydrogens is 368 g/mol. The van der Waals surface area contributed by atoms with Gasteiger partial charge in [0, 0.05) is 5.02 Å². The topological polar surface area (TPSA) is 105 Å². The zero-order valence-corrected chi connectivity index (χ0v) is 15.1. The second-order valence-electron chi connectivity index (χ2n) is 5.70. The lowest BCUT2D eigenvalue weighted by atomic mass is 10.1. The third-order valence-electron chi connectivity index (χ3n) is 3.24. The summed E-state index contributed by atoms with van der Waals surface area (Å²) in [5.74, 6) is 0.117. The largest absolute Gasteiger partial charge is 0.457 e.